The summed E-state index contributed by atoms with van der Waals surface area (Å²) in [6.07, 6.45) is 5.75. The Morgan fingerprint density at radius 3 is 2.65 bits per heavy atom. The third kappa shape index (κ3) is 5.93. The average Bonchev–Trinajstić information content (AvgIpc) is 2.54. The van der Waals surface area contributed by atoms with Gasteiger partial charge < -0.3 is 15.4 Å². The highest BCUT2D eigenvalue weighted by molar-refractivity contribution is 5.92. The van der Waals surface area contributed by atoms with E-state index in [1.54, 1.807) is 24.3 Å². The molecule has 1 saturated carbocycles. The number of amides is 2. The molecule has 0 saturated heterocycles. The van der Waals surface area contributed by atoms with Gasteiger partial charge in [-0.15, -0.1) is 0 Å². The summed E-state index contributed by atoms with van der Waals surface area (Å²) in [5, 5.41) is 5.83. The van der Waals surface area contributed by atoms with E-state index in [2.05, 4.69) is 10.6 Å². The van der Waals surface area contributed by atoms with Gasteiger partial charge in [-0.1, -0.05) is 39.2 Å². The van der Waals surface area contributed by atoms with Crippen LogP contribution in [0.25, 0.3) is 0 Å². The molecular formula is C18H26N2O3. The summed E-state index contributed by atoms with van der Waals surface area (Å²) in [6, 6.07) is 7.39. The fraction of sp³-hybridized carbons (Fsp3) is 0.556. The van der Waals surface area contributed by atoms with Gasteiger partial charge in [0.1, 0.15) is 5.75 Å². The number of benzene rings is 1. The topological polar surface area (TPSA) is 67.4 Å². The van der Waals surface area contributed by atoms with Crippen LogP contribution in [0.1, 0.15) is 46.0 Å². The molecule has 1 aromatic rings. The minimum Gasteiger partial charge on any atom is -0.484 e. The van der Waals surface area contributed by atoms with Crippen LogP contribution in [0.3, 0.4) is 0 Å². The summed E-state index contributed by atoms with van der Waals surface area (Å²) >= 11 is 0. The van der Waals surface area contributed by atoms with Gasteiger partial charge in [-0.2, -0.15) is 0 Å². The SMILES string of the molecule is CC(C)C(=O)Nc1cccc(OCC(=O)NC2CCCCC2)c1. The normalized spacial score (nSPS) is 15.3. The van der Waals surface area contributed by atoms with E-state index in [9.17, 15) is 9.59 Å². The van der Waals surface area contributed by atoms with Crippen molar-refractivity contribution in [2.75, 3.05) is 11.9 Å². The van der Waals surface area contributed by atoms with Crippen LogP contribution in [0.5, 0.6) is 5.75 Å². The van der Waals surface area contributed by atoms with Crippen LogP contribution in [0.2, 0.25) is 0 Å². The second-order valence-corrected chi connectivity index (χ2v) is 6.36. The number of anilines is 1. The molecule has 2 N–H and O–H groups in total. The monoisotopic (exact) mass is 318 g/mol. The van der Waals surface area contributed by atoms with Gasteiger partial charge in [-0.05, 0) is 25.0 Å². The quantitative estimate of drug-likeness (QED) is 0.847. The molecule has 1 aromatic carbocycles. The fourth-order valence-electron chi connectivity index (χ4n) is 2.62. The molecule has 126 valence electrons. The van der Waals surface area contributed by atoms with E-state index in [0.29, 0.717) is 11.4 Å². The molecule has 0 atom stereocenters. The molecule has 0 heterocycles. The van der Waals surface area contributed by atoms with E-state index >= 15 is 0 Å². The van der Waals surface area contributed by atoms with Crippen LogP contribution in [0.15, 0.2) is 24.3 Å². The minimum atomic E-state index is -0.0893. The second-order valence-electron chi connectivity index (χ2n) is 6.36. The van der Waals surface area contributed by atoms with Gasteiger partial charge in [-0.25, -0.2) is 0 Å². The van der Waals surface area contributed by atoms with Crippen LogP contribution >= 0.6 is 0 Å². The molecule has 5 heteroatoms. The lowest BCUT2D eigenvalue weighted by atomic mass is 9.95. The Kier molecular flexibility index (Phi) is 6.44. The predicted octanol–water partition coefficient (Wildman–Crippen LogP) is 3.11. The zero-order valence-corrected chi connectivity index (χ0v) is 13.9. The first-order chi connectivity index (χ1) is 11.0. The number of nitrogens with one attached hydrogen (secondary N) is 2. The largest absolute Gasteiger partial charge is 0.484 e. The number of carbonyl (C=O) groups excluding carboxylic acids is 2. The van der Waals surface area contributed by atoms with Crippen LogP contribution in [0, 0.1) is 5.92 Å². The summed E-state index contributed by atoms with van der Waals surface area (Å²) < 4.78 is 5.53. The minimum absolute atomic E-state index is 0.00190. The molecule has 1 aliphatic carbocycles. The maximum Gasteiger partial charge on any atom is 0.258 e. The molecule has 1 fully saturated rings. The van der Waals surface area contributed by atoms with E-state index in [1.807, 2.05) is 13.8 Å². The van der Waals surface area contributed by atoms with Gasteiger partial charge in [0.25, 0.3) is 5.91 Å². The molecular weight excluding hydrogens is 292 g/mol. The molecule has 0 aromatic heterocycles. The maximum absolute atomic E-state index is 11.9. The molecule has 2 amide bonds. The van der Waals surface area contributed by atoms with Crippen LogP contribution in [0.4, 0.5) is 5.69 Å². The second kappa shape index (κ2) is 8.56. The standard InChI is InChI=1S/C18H26N2O3/c1-13(2)18(22)20-15-9-6-10-16(11-15)23-12-17(21)19-14-7-4-3-5-8-14/h6,9-11,13-14H,3-5,7-8,12H2,1-2H3,(H,19,21)(H,20,22). The summed E-state index contributed by atoms with van der Waals surface area (Å²) in [4.78, 5) is 23.6. The number of hydrogen-bond donors (Lipinski definition) is 2. The highest BCUT2D eigenvalue weighted by atomic mass is 16.5. The molecule has 0 aliphatic heterocycles. The van der Waals surface area contributed by atoms with Crippen molar-refractivity contribution >= 4 is 17.5 Å². The molecule has 5 nitrogen and oxygen atoms in total. The number of rotatable bonds is 6. The Morgan fingerprint density at radius 1 is 1.22 bits per heavy atom. The number of carbonyl (C=O) groups is 2. The van der Waals surface area contributed by atoms with Crippen molar-refractivity contribution < 1.29 is 14.3 Å². The van der Waals surface area contributed by atoms with Gasteiger partial charge in [-0.3, -0.25) is 9.59 Å². The van der Waals surface area contributed by atoms with Crippen molar-refractivity contribution in [3.05, 3.63) is 24.3 Å². The van der Waals surface area contributed by atoms with Crippen molar-refractivity contribution in [1.29, 1.82) is 0 Å². The zero-order valence-electron chi connectivity index (χ0n) is 13.9. The van der Waals surface area contributed by atoms with E-state index < -0.39 is 0 Å². The van der Waals surface area contributed by atoms with Gasteiger partial charge in [0.05, 0.1) is 0 Å². The highest BCUT2D eigenvalue weighted by Gasteiger charge is 2.16. The third-order valence-electron chi connectivity index (χ3n) is 3.97. The summed E-state index contributed by atoms with van der Waals surface area (Å²) in [5.41, 5.74) is 0.675. The van der Waals surface area contributed by atoms with Crippen molar-refractivity contribution in [2.24, 2.45) is 5.92 Å². The van der Waals surface area contributed by atoms with Gasteiger partial charge in [0.2, 0.25) is 5.91 Å². The van der Waals surface area contributed by atoms with E-state index in [-0.39, 0.29) is 30.4 Å². The van der Waals surface area contributed by atoms with Crippen molar-refractivity contribution in [3.8, 4) is 5.75 Å². The number of hydrogen-bond acceptors (Lipinski definition) is 3. The van der Waals surface area contributed by atoms with Crippen LogP contribution in [-0.4, -0.2) is 24.5 Å². The average molecular weight is 318 g/mol. The Labute approximate surface area is 137 Å². The Morgan fingerprint density at radius 2 is 1.96 bits per heavy atom. The Bertz CT molecular complexity index is 537. The molecule has 0 radical (unpaired) electrons. The molecule has 0 unspecified atom stereocenters. The molecule has 2 rings (SSSR count). The fourth-order valence-corrected chi connectivity index (χ4v) is 2.62. The third-order valence-corrected chi connectivity index (χ3v) is 3.97. The van der Waals surface area contributed by atoms with Gasteiger partial charge >= 0.3 is 0 Å². The van der Waals surface area contributed by atoms with Crippen molar-refractivity contribution in [1.82, 2.24) is 5.32 Å². The van der Waals surface area contributed by atoms with E-state index in [1.165, 1.54) is 19.3 Å². The van der Waals surface area contributed by atoms with Gasteiger partial charge in [0, 0.05) is 23.7 Å². The Balaban J connectivity index is 1.80. The van der Waals surface area contributed by atoms with Crippen molar-refractivity contribution in [3.63, 3.8) is 0 Å². The first-order valence-electron chi connectivity index (χ1n) is 8.37. The first-order valence-corrected chi connectivity index (χ1v) is 8.37. The summed E-state index contributed by atoms with van der Waals surface area (Å²) in [6.45, 7) is 3.68. The molecule has 0 spiro atoms. The lowest BCUT2D eigenvalue weighted by Crippen LogP contribution is -2.38. The summed E-state index contributed by atoms with van der Waals surface area (Å²) in [7, 11) is 0. The lowest BCUT2D eigenvalue weighted by molar-refractivity contribution is -0.124. The zero-order chi connectivity index (χ0) is 16.7. The first kappa shape index (κ1) is 17.3. The summed E-state index contributed by atoms with van der Waals surface area (Å²) in [5.74, 6) is 0.358. The predicted molar refractivity (Wildman–Crippen MR) is 90.4 cm³/mol. The van der Waals surface area contributed by atoms with E-state index in [0.717, 1.165) is 12.8 Å². The van der Waals surface area contributed by atoms with Crippen LogP contribution < -0.4 is 15.4 Å². The number of ether oxygens (including phenoxy) is 1. The highest BCUT2D eigenvalue weighted by Crippen LogP contribution is 2.19. The van der Waals surface area contributed by atoms with Crippen LogP contribution in [-0.2, 0) is 9.59 Å². The van der Waals surface area contributed by atoms with E-state index in [4.69, 9.17) is 4.74 Å². The smallest absolute Gasteiger partial charge is 0.258 e. The maximum atomic E-state index is 11.9. The van der Waals surface area contributed by atoms with Crippen molar-refractivity contribution in [2.45, 2.75) is 52.0 Å². The molecule has 1 aliphatic rings. The lowest BCUT2D eigenvalue weighted by Gasteiger charge is -2.22. The molecule has 0 bridgehead atoms. The Hall–Kier alpha value is -2.04. The van der Waals surface area contributed by atoms with Gasteiger partial charge in [0.15, 0.2) is 6.61 Å². The molecule has 23 heavy (non-hydrogen) atoms.